The first kappa shape index (κ1) is 13.8. The summed E-state index contributed by atoms with van der Waals surface area (Å²) in [5, 5.41) is 10.0. The van der Waals surface area contributed by atoms with Crippen molar-refractivity contribution in [2.24, 2.45) is 7.05 Å². The van der Waals surface area contributed by atoms with Crippen molar-refractivity contribution in [1.82, 2.24) is 9.47 Å². The second-order valence-corrected chi connectivity index (χ2v) is 5.51. The largest absolute Gasteiger partial charge is 0.390 e. The minimum atomic E-state index is -0.693. The predicted molar refractivity (Wildman–Crippen MR) is 72.1 cm³/mol. The number of likely N-dealkylation sites (tertiary alicyclic amines) is 1. The van der Waals surface area contributed by atoms with E-state index in [0.717, 1.165) is 6.42 Å². The minimum absolute atomic E-state index is 0.129. The van der Waals surface area contributed by atoms with Crippen molar-refractivity contribution in [2.45, 2.75) is 31.8 Å². The number of pyridine rings is 1. The summed E-state index contributed by atoms with van der Waals surface area (Å²) in [5.41, 5.74) is -0.459. The molecule has 1 atom stereocenters. The van der Waals surface area contributed by atoms with E-state index < -0.39 is 5.60 Å². The number of rotatable bonds is 1. The summed E-state index contributed by atoms with van der Waals surface area (Å²) in [6, 6.07) is 3.03. The van der Waals surface area contributed by atoms with Crippen LogP contribution >= 0.6 is 0 Å². The molecule has 0 radical (unpaired) electrons. The van der Waals surface area contributed by atoms with Crippen LogP contribution in [0.3, 0.4) is 0 Å². The lowest BCUT2D eigenvalue weighted by molar-refractivity contribution is 0.0438. The van der Waals surface area contributed by atoms with Crippen LogP contribution in [0, 0.1) is 0 Å². The number of amides is 1. The summed E-state index contributed by atoms with van der Waals surface area (Å²) in [6.07, 6.45) is 3.66. The fourth-order valence-electron chi connectivity index (χ4n) is 2.33. The normalized spacial score (nSPS) is 24.1. The van der Waals surface area contributed by atoms with E-state index in [9.17, 15) is 14.7 Å². The van der Waals surface area contributed by atoms with Crippen LogP contribution in [0.5, 0.6) is 0 Å². The SMILES string of the molecule is Cn1ccc(C(=O)N2CCCC(C)(O)CC2)cc1=O. The van der Waals surface area contributed by atoms with E-state index in [1.807, 2.05) is 0 Å². The summed E-state index contributed by atoms with van der Waals surface area (Å²) in [4.78, 5) is 25.6. The van der Waals surface area contributed by atoms with E-state index >= 15 is 0 Å². The fourth-order valence-corrected chi connectivity index (χ4v) is 2.33. The summed E-state index contributed by atoms with van der Waals surface area (Å²) in [6.45, 7) is 2.96. The van der Waals surface area contributed by atoms with Gasteiger partial charge in [-0.2, -0.15) is 0 Å². The standard InChI is InChI=1S/C14H20N2O3/c1-14(19)5-3-7-16(9-6-14)13(18)11-4-8-15(2)12(17)10-11/h4,8,10,19H,3,5-7,9H2,1-2H3. The second kappa shape index (κ2) is 5.17. The number of aliphatic hydroxyl groups is 1. The highest BCUT2D eigenvalue weighted by Gasteiger charge is 2.27. The summed E-state index contributed by atoms with van der Waals surface area (Å²) >= 11 is 0. The van der Waals surface area contributed by atoms with Crippen molar-refractivity contribution in [1.29, 1.82) is 0 Å². The van der Waals surface area contributed by atoms with Gasteiger partial charge in [0.25, 0.3) is 11.5 Å². The molecule has 1 aromatic heterocycles. The Balaban J connectivity index is 2.15. The second-order valence-electron chi connectivity index (χ2n) is 5.51. The Morgan fingerprint density at radius 1 is 1.37 bits per heavy atom. The lowest BCUT2D eigenvalue weighted by atomic mass is 9.98. The molecule has 0 bridgehead atoms. The molecule has 0 aromatic carbocycles. The van der Waals surface area contributed by atoms with Gasteiger partial charge in [-0.05, 0) is 32.3 Å². The third kappa shape index (κ3) is 3.23. The van der Waals surface area contributed by atoms with Crippen LogP contribution in [-0.4, -0.2) is 39.2 Å². The Kier molecular flexibility index (Phi) is 3.75. The molecular weight excluding hydrogens is 244 g/mol. The van der Waals surface area contributed by atoms with Gasteiger partial charge in [0, 0.05) is 38.0 Å². The Bertz CT molecular complexity index is 534. The van der Waals surface area contributed by atoms with Crippen molar-refractivity contribution in [2.75, 3.05) is 13.1 Å². The van der Waals surface area contributed by atoms with Gasteiger partial charge in [0.2, 0.25) is 0 Å². The van der Waals surface area contributed by atoms with Crippen LogP contribution in [0.15, 0.2) is 23.1 Å². The summed E-state index contributed by atoms with van der Waals surface area (Å²) in [5.74, 6) is -0.129. The van der Waals surface area contributed by atoms with Gasteiger partial charge in [0.15, 0.2) is 0 Å². The maximum atomic E-state index is 12.3. The van der Waals surface area contributed by atoms with Crippen LogP contribution in [-0.2, 0) is 7.05 Å². The van der Waals surface area contributed by atoms with E-state index in [2.05, 4.69) is 0 Å². The van der Waals surface area contributed by atoms with Gasteiger partial charge >= 0.3 is 0 Å². The van der Waals surface area contributed by atoms with Crippen LogP contribution in [0.25, 0.3) is 0 Å². The fraction of sp³-hybridized carbons (Fsp3) is 0.571. The van der Waals surface area contributed by atoms with Crippen molar-refractivity contribution < 1.29 is 9.90 Å². The maximum absolute atomic E-state index is 12.3. The zero-order valence-electron chi connectivity index (χ0n) is 11.4. The molecule has 2 heterocycles. The van der Waals surface area contributed by atoms with Crippen molar-refractivity contribution >= 4 is 5.91 Å². The van der Waals surface area contributed by atoms with E-state index in [0.29, 0.717) is 31.5 Å². The Morgan fingerprint density at radius 3 is 2.79 bits per heavy atom. The van der Waals surface area contributed by atoms with E-state index in [1.54, 1.807) is 31.1 Å². The zero-order valence-corrected chi connectivity index (χ0v) is 11.4. The molecule has 19 heavy (non-hydrogen) atoms. The lowest BCUT2D eigenvalue weighted by Gasteiger charge is -2.22. The van der Waals surface area contributed by atoms with Gasteiger partial charge in [-0.3, -0.25) is 9.59 Å². The van der Waals surface area contributed by atoms with Gasteiger partial charge in [-0.1, -0.05) is 0 Å². The summed E-state index contributed by atoms with van der Waals surface area (Å²) < 4.78 is 1.43. The van der Waals surface area contributed by atoms with Crippen LogP contribution < -0.4 is 5.56 Å². The number of aryl methyl sites for hydroxylation is 1. The van der Waals surface area contributed by atoms with Crippen molar-refractivity contribution in [3.8, 4) is 0 Å². The maximum Gasteiger partial charge on any atom is 0.254 e. The first-order chi connectivity index (χ1) is 8.89. The molecule has 1 aromatic rings. The Morgan fingerprint density at radius 2 is 2.11 bits per heavy atom. The summed E-state index contributed by atoms with van der Waals surface area (Å²) in [7, 11) is 1.65. The first-order valence-electron chi connectivity index (χ1n) is 6.57. The Labute approximate surface area is 112 Å². The van der Waals surface area contributed by atoms with Crippen LogP contribution in [0.4, 0.5) is 0 Å². The van der Waals surface area contributed by atoms with Gasteiger partial charge in [-0.25, -0.2) is 0 Å². The number of carbonyl (C=O) groups excluding carboxylic acids is 1. The van der Waals surface area contributed by atoms with Gasteiger partial charge in [-0.15, -0.1) is 0 Å². The van der Waals surface area contributed by atoms with Gasteiger partial charge in [0.1, 0.15) is 0 Å². The monoisotopic (exact) mass is 264 g/mol. The third-order valence-electron chi connectivity index (χ3n) is 3.70. The molecule has 0 saturated carbocycles. The van der Waals surface area contributed by atoms with Crippen molar-refractivity contribution in [3.05, 3.63) is 34.2 Å². The molecule has 1 fully saturated rings. The average Bonchev–Trinajstić information content (AvgIpc) is 2.53. The molecule has 5 heteroatoms. The van der Waals surface area contributed by atoms with Crippen LogP contribution in [0.1, 0.15) is 36.5 Å². The number of hydrogen-bond acceptors (Lipinski definition) is 3. The number of carbonyl (C=O) groups is 1. The highest BCUT2D eigenvalue weighted by molar-refractivity contribution is 5.94. The Hall–Kier alpha value is -1.62. The first-order valence-corrected chi connectivity index (χ1v) is 6.57. The molecule has 1 amide bonds. The molecule has 1 aliphatic rings. The van der Waals surface area contributed by atoms with Gasteiger partial charge in [0.05, 0.1) is 5.60 Å². The third-order valence-corrected chi connectivity index (χ3v) is 3.70. The molecule has 1 N–H and O–H groups in total. The lowest BCUT2D eigenvalue weighted by Crippen LogP contribution is -2.34. The molecule has 1 unspecified atom stereocenters. The average molecular weight is 264 g/mol. The highest BCUT2D eigenvalue weighted by Crippen LogP contribution is 2.22. The molecule has 1 saturated heterocycles. The molecule has 5 nitrogen and oxygen atoms in total. The topological polar surface area (TPSA) is 62.5 Å². The minimum Gasteiger partial charge on any atom is -0.390 e. The quantitative estimate of drug-likeness (QED) is 0.814. The molecule has 1 aliphatic heterocycles. The molecular formula is C14H20N2O3. The number of nitrogens with zero attached hydrogens (tertiary/aromatic N) is 2. The number of hydrogen-bond donors (Lipinski definition) is 1. The van der Waals surface area contributed by atoms with E-state index in [4.69, 9.17) is 0 Å². The molecule has 0 spiro atoms. The zero-order chi connectivity index (χ0) is 14.0. The van der Waals surface area contributed by atoms with Gasteiger partial charge < -0.3 is 14.6 Å². The predicted octanol–water partition coefficient (Wildman–Crippen LogP) is 0.762. The molecule has 0 aliphatic carbocycles. The highest BCUT2D eigenvalue weighted by atomic mass is 16.3. The van der Waals surface area contributed by atoms with E-state index in [1.165, 1.54) is 10.6 Å². The van der Waals surface area contributed by atoms with E-state index in [-0.39, 0.29) is 11.5 Å². The van der Waals surface area contributed by atoms with Crippen LogP contribution in [0.2, 0.25) is 0 Å². The van der Waals surface area contributed by atoms with Crippen molar-refractivity contribution in [3.63, 3.8) is 0 Å². The number of aromatic nitrogens is 1. The molecule has 2 rings (SSSR count). The molecule has 104 valence electrons. The smallest absolute Gasteiger partial charge is 0.254 e.